The molecule has 0 spiro atoms. The Hall–Kier alpha value is -4.57. The van der Waals surface area contributed by atoms with Crippen LogP contribution >= 0.6 is 11.3 Å². The second-order valence-electron chi connectivity index (χ2n) is 9.39. The van der Waals surface area contributed by atoms with Crippen molar-refractivity contribution in [1.29, 1.82) is 0 Å². The Morgan fingerprint density at radius 1 is 1.03 bits per heavy atom. The molecule has 4 N–H and O–H groups in total. The van der Waals surface area contributed by atoms with Crippen molar-refractivity contribution in [2.24, 2.45) is 0 Å². The molecule has 1 aliphatic heterocycles. The van der Waals surface area contributed by atoms with Gasteiger partial charge in [0.25, 0.3) is 22.3 Å². The first kappa shape index (κ1) is 23.8. The summed E-state index contributed by atoms with van der Waals surface area (Å²) >= 11 is 1.40. The first-order valence-electron chi connectivity index (χ1n) is 12.2. The number of hydrogen-bond acceptors (Lipinski definition) is 8. The first-order chi connectivity index (χ1) is 18.4. The fourth-order valence-corrected chi connectivity index (χ4v) is 5.92. The number of hydrogen-bond donors (Lipinski definition) is 3. The van der Waals surface area contributed by atoms with Crippen LogP contribution in [0.4, 0.5) is 11.4 Å². The van der Waals surface area contributed by atoms with Crippen LogP contribution in [0.3, 0.4) is 0 Å². The van der Waals surface area contributed by atoms with Gasteiger partial charge in [-0.15, -0.1) is 11.3 Å². The topological polar surface area (TPSA) is 138 Å². The molecule has 190 valence electrons. The van der Waals surface area contributed by atoms with Crippen LogP contribution in [0, 0.1) is 0 Å². The number of carbonyl (C=O) groups excluding carboxylic acids is 1. The minimum Gasteiger partial charge on any atom is -0.394 e. The Morgan fingerprint density at radius 3 is 2.63 bits per heavy atom. The maximum absolute atomic E-state index is 12.9. The number of nitrogens with two attached hydrogens (primary N) is 1. The van der Waals surface area contributed by atoms with Gasteiger partial charge in [-0.3, -0.25) is 19.2 Å². The van der Waals surface area contributed by atoms with Crippen LogP contribution < -0.4 is 32.4 Å². The number of H-pyrrole nitrogens is 1. The molecule has 10 heteroatoms. The lowest BCUT2D eigenvalue weighted by molar-refractivity contribution is 0.0940. The summed E-state index contributed by atoms with van der Waals surface area (Å²) in [4.78, 5) is 59.3. The number of nitrogens with one attached hydrogen (secondary N) is 2. The van der Waals surface area contributed by atoms with Crippen molar-refractivity contribution in [2.75, 3.05) is 17.2 Å². The third-order valence-corrected chi connectivity index (χ3v) is 7.89. The van der Waals surface area contributed by atoms with E-state index < -0.39 is 16.8 Å². The average Bonchev–Trinajstić information content (AvgIpc) is 3.35. The van der Waals surface area contributed by atoms with Crippen LogP contribution in [0.1, 0.15) is 37.7 Å². The molecular formula is C28H23N5O4S. The normalized spacial score (nSPS) is 13.1. The number of nitrogen functional groups attached to an aromatic ring is 1. The van der Waals surface area contributed by atoms with Crippen molar-refractivity contribution < 1.29 is 4.79 Å². The third-order valence-electron chi connectivity index (χ3n) is 6.86. The number of anilines is 2. The summed E-state index contributed by atoms with van der Waals surface area (Å²) in [7, 11) is 0. The first-order valence-corrected chi connectivity index (χ1v) is 13.0. The molecule has 0 saturated heterocycles. The standard InChI is InChI=1S/C28H23N5O4S/c29-21-22(24(35)23(21)34)33-9-8-17-7-6-16(10-18(17)14-33)13-30-27(37)25-31-26(36)20-12-19(38-28(20)32-25)11-15-4-2-1-3-5-15/h1-7,10,12H,8-9,11,13-14,29H2,(H,30,37)(H,31,32,36). The van der Waals surface area contributed by atoms with Gasteiger partial charge in [0.1, 0.15) is 16.2 Å². The van der Waals surface area contributed by atoms with Gasteiger partial charge in [-0.2, -0.15) is 0 Å². The lowest BCUT2D eigenvalue weighted by atomic mass is 9.96. The van der Waals surface area contributed by atoms with E-state index in [-0.39, 0.29) is 23.6 Å². The predicted octanol–water partition coefficient (Wildman–Crippen LogP) is 2.25. The number of benzene rings is 2. The van der Waals surface area contributed by atoms with Gasteiger partial charge in [0.15, 0.2) is 0 Å². The Morgan fingerprint density at radius 2 is 1.84 bits per heavy atom. The number of nitrogens with zero attached hydrogens (tertiary/aromatic N) is 2. The highest BCUT2D eigenvalue weighted by Crippen LogP contribution is 2.27. The van der Waals surface area contributed by atoms with Gasteiger partial charge < -0.3 is 20.9 Å². The van der Waals surface area contributed by atoms with E-state index in [1.54, 1.807) is 0 Å². The van der Waals surface area contributed by atoms with Crippen molar-refractivity contribution in [3.8, 4) is 0 Å². The number of aromatic amines is 1. The molecule has 0 bridgehead atoms. The zero-order valence-corrected chi connectivity index (χ0v) is 21.1. The molecule has 1 amide bonds. The molecule has 0 radical (unpaired) electrons. The van der Waals surface area contributed by atoms with Gasteiger partial charge in [-0.05, 0) is 34.7 Å². The van der Waals surface area contributed by atoms with Gasteiger partial charge in [0.05, 0.1) is 5.39 Å². The Bertz CT molecular complexity index is 1830. The molecule has 38 heavy (non-hydrogen) atoms. The van der Waals surface area contributed by atoms with Gasteiger partial charge in [0.2, 0.25) is 5.82 Å². The summed E-state index contributed by atoms with van der Waals surface area (Å²) in [6.45, 7) is 1.30. The second-order valence-corrected chi connectivity index (χ2v) is 10.5. The zero-order chi connectivity index (χ0) is 26.4. The number of carbonyl (C=O) groups is 1. The number of fused-ring (bicyclic) bond motifs is 2. The highest BCUT2D eigenvalue weighted by Gasteiger charge is 2.27. The zero-order valence-electron chi connectivity index (χ0n) is 20.2. The lowest BCUT2D eigenvalue weighted by Crippen LogP contribution is -2.44. The number of rotatable bonds is 6. The van der Waals surface area contributed by atoms with E-state index in [2.05, 4.69) is 15.3 Å². The van der Waals surface area contributed by atoms with Crippen molar-refractivity contribution >= 4 is 38.8 Å². The monoisotopic (exact) mass is 525 g/mol. The van der Waals surface area contributed by atoms with Gasteiger partial charge in [-0.1, -0.05) is 48.5 Å². The third kappa shape index (κ3) is 4.28. The summed E-state index contributed by atoms with van der Waals surface area (Å²) in [6.07, 6.45) is 1.41. The summed E-state index contributed by atoms with van der Waals surface area (Å²) in [5, 5.41) is 3.30. The van der Waals surface area contributed by atoms with Crippen molar-refractivity contribution in [1.82, 2.24) is 15.3 Å². The van der Waals surface area contributed by atoms with Crippen LogP contribution in [0.5, 0.6) is 0 Å². The number of thiophene rings is 1. The average molecular weight is 526 g/mol. The van der Waals surface area contributed by atoms with Crippen LogP contribution in [0.15, 0.2) is 69.0 Å². The maximum Gasteiger partial charge on any atom is 0.287 e. The molecule has 0 fully saturated rings. The fraction of sp³-hybridized carbons (Fsp3) is 0.179. The molecule has 9 nitrogen and oxygen atoms in total. The van der Waals surface area contributed by atoms with E-state index >= 15 is 0 Å². The van der Waals surface area contributed by atoms with Gasteiger partial charge in [0, 0.05) is 30.9 Å². The summed E-state index contributed by atoms with van der Waals surface area (Å²) in [6, 6.07) is 17.7. The summed E-state index contributed by atoms with van der Waals surface area (Å²) in [5.41, 5.74) is 8.71. The maximum atomic E-state index is 12.9. The minimum atomic E-state index is -0.623. The molecule has 0 atom stereocenters. The molecule has 0 saturated carbocycles. The van der Waals surface area contributed by atoms with E-state index in [1.807, 2.05) is 59.5 Å². The van der Waals surface area contributed by atoms with Crippen LogP contribution in [-0.2, 0) is 25.9 Å². The van der Waals surface area contributed by atoms with E-state index in [1.165, 1.54) is 11.3 Å². The van der Waals surface area contributed by atoms with Crippen molar-refractivity contribution in [3.05, 3.63) is 118 Å². The molecular weight excluding hydrogens is 502 g/mol. The van der Waals surface area contributed by atoms with Crippen LogP contribution in [0.25, 0.3) is 10.2 Å². The highest BCUT2D eigenvalue weighted by atomic mass is 32.1. The number of amides is 1. The molecule has 5 aromatic rings. The molecule has 3 heterocycles. The smallest absolute Gasteiger partial charge is 0.287 e. The quantitative estimate of drug-likeness (QED) is 0.289. The fourth-order valence-electron chi connectivity index (χ4n) is 4.86. The SMILES string of the molecule is Nc1c(N2CCc3ccc(CNC(=O)c4nc5sc(Cc6ccccc6)cc5c(=O)[nH]4)cc3C2)c(=O)c1=O. The Balaban J connectivity index is 1.16. The summed E-state index contributed by atoms with van der Waals surface area (Å²) < 4.78 is 0. The van der Waals surface area contributed by atoms with E-state index in [0.717, 1.165) is 33.6 Å². The predicted molar refractivity (Wildman–Crippen MR) is 148 cm³/mol. The molecule has 1 aliphatic rings. The summed E-state index contributed by atoms with van der Waals surface area (Å²) in [5.74, 6) is -0.506. The van der Waals surface area contributed by atoms with Crippen LogP contribution in [0.2, 0.25) is 0 Å². The molecule has 2 aromatic heterocycles. The molecule has 0 aliphatic carbocycles. The van der Waals surface area contributed by atoms with Gasteiger partial charge in [-0.25, -0.2) is 4.98 Å². The van der Waals surface area contributed by atoms with E-state index in [0.29, 0.717) is 35.4 Å². The van der Waals surface area contributed by atoms with Crippen LogP contribution in [-0.4, -0.2) is 22.4 Å². The van der Waals surface area contributed by atoms with Crippen molar-refractivity contribution in [3.63, 3.8) is 0 Å². The second kappa shape index (κ2) is 9.38. The molecule has 0 unspecified atom stereocenters. The highest BCUT2D eigenvalue weighted by molar-refractivity contribution is 7.18. The Kier molecular flexibility index (Phi) is 5.88. The lowest BCUT2D eigenvalue weighted by Gasteiger charge is -2.32. The minimum absolute atomic E-state index is 0.0262. The molecule has 3 aromatic carbocycles. The van der Waals surface area contributed by atoms with E-state index in [9.17, 15) is 19.2 Å². The van der Waals surface area contributed by atoms with Crippen molar-refractivity contribution in [2.45, 2.75) is 25.9 Å². The largest absolute Gasteiger partial charge is 0.394 e. The molecule has 6 rings (SSSR count). The van der Waals surface area contributed by atoms with E-state index in [4.69, 9.17) is 5.73 Å². The van der Waals surface area contributed by atoms with Gasteiger partial charge >= 0.3 is 0 Å². The number of aromatic nitrogens is 2. The Labute approximate surface area is 220 Å².